The Labute approximate surface area is 117 Å². The van der Waals surface area contributed by atoms with E-state index in [2.05, 4.69) is 27.7 Å². The Kier molecular flexibility index (Phi) is 3.38. The Bertz CT molecular complexity index is 346. The fraction of sp³-hybridized carbons (Fsp3) is 1.00. The summed E-state index contributed by atoms with van der Waals surface area (Å²) in [6.07, 6.45) is -0.468. The molecule has 2 fully saturated rings. The molecule has 2 rings (SSSR count). The third-order valence-corrected chi connectivity index (χ3v) is 5.14. The molecule has 2 aliphatic rings. The second kappa shape index (κ2) is 4.20. The third kappa shape index (κ3) is 2.46. The summed E-state index contributed by atoms with van der Waals surface area (Å²) in [4.78, 5) is 0. The van der Waals surface area contributed by atoms with Crippen LogP contribution in [0.15, 0.2) is 0 Å². The minimum Gasteiger partial charge on any atom is -0.400 e. The van der Waals surface area contributed by atoms with Crippen LogP contribution in [0.25, 0.3) is 0 Å². The molecule has 2 heterocycles. The zero-order chi connectivity index (χ0) is 14.7. The molecule has 2 aliphatic heterocycles. The normalized spacial score (nSPS) is 35.4. The summed E-state index contributed by atoms with van der Waals surface area (Å²) in [6, 6.07) is 0. The van der Waals surface area contributed by atoms with Crippen LogP contribution in [-0.4, -0.2) is 36.7 Å². The van der Waals surface area contributed by atoms with E-state index in [-0.39, 0.29) is 22.2 Å². The molecule has 4 nitrogen and oxygen atoms in total. The van der Waals surface area contributed by atoms with Gasteiger partial charge in [0.1, 0.15) is 0 Å². The van der Waals surface area contributed by atoms with Gasteiger partial charge < -0.3 is 18.8 Å². The van der Waals surface area contributed by atoms with Crippen LogP contribution in [0, 0.1) is 5.41 Å². The van der Waals surface area contributed by atoms with Crippen LogP contribution in [0.1, 0.15) is 55.4 Å². The highest BCUT2D eigenvalue weighted by atomic mass is 16.7. The first-order chi connectivity index (χ1) is 8.38. The Balaban J connectivity index is 2.11. The van der Waals surface area contributed by atoms with Gasteiger partial charge >= 0.3 is 7.12 Å². The molecule has 0 aromatic carbocycles. The molecule has 0 spiro atoms. The van der Waals surface area contributed by atoms with E-state index in [4.69, 9.17) is 18.8 Å². The summed E-state index contributed by atoms with van der Waals surface area (Å²) in [5, 5.41) is 0. The van der Waals surface area contributed by atoms with E-state index in [0.717, 1.165) is 0 Å². The summed E-state index contributed by atoms with van der Waals surface area (Å²) in [6.45, 7) is 17.2. The standard InChI is InChI=1S/C14H27BO4/c1-11(2)9-16-10(17-12(11,3)4)15-18-13(5,6)14(7,8)19-15/h10H,9H2,1-8H3. The van der Waals surface area contributed by atoms with Gasteiger partial charge in [0.2, 0.25) is 0 Å². The first-order valence-electron chi connectivity index (χ1n) is 7.03. The molecule has 1 unspecified atom stereocenters. The molecule has 0 saturated carbocycles. The maximum Gasteiger partial charge on any atom is 0.517 e. The zero-order valence-corrected chi connectivity index (χ0v) is 13.5. The van der Waals surface area contributed by atoms with Crippen LogP contribution < -0.4 is 0 Å². The minimum atomic E-state index is -0.472. The van der Waals surface area contributed by atoms with Crippen molar-refractivity contribution in [3.63, 3.8) is 0 Å². The summed E-state index contributed by atoms with van der Waals surface area (Å²) in [5.74, 6) is 0. The average molecular weight is 270 g/mol. The van der Waals surface area contributed by atoms with E-state index >= 15 is 0 Å². The quantitative estimate of drug-likeness (QED) is 0.686. The van der Waals surface area contributed by atoms with E-state index in [0.29, 0.717) is 6.61 Å². The van der Waals surface area contributed by atoms with Crippen LogP contribution in [0.4, 0.5) is 0 Å². The van der Waals surface area contributed by atoms with Crippen molar-refractivity contribution >= 4 is 7.12 Å². The number of hydrogen-bond donors (Lipinski definition) is 0. The molecule has 0 radical (unpaired) electrons. The highest BCUT2D eigenvalue weighted by molar-refractivity contribution is 6.46. The lowest BCUT2D eigenvalue weighted by Crippen LogP contribution is -2.57. The van der Waals surface area contributed by atoms with Crippen molar-refractivity contribution < 1.29 is 18.8 Å². The van der Waals surface area contributed by atoms with Crippen LogP contribution in [0.3, 0.4) is 0 Å². The molecule has 0 amide bonds. The molecule has 0 aliphatic carbocycles. The van der Waals surface area contributed by atoms with Gasteiger partial charge in [0, 0.05) is 5.41 Å². The summed E-state index contributed by atoms with van der Waals surface area (Å²) >= 11 is 0. The van der Waals surface area contributed by atoms with Crippen molar-refractivity contribution in [2.45, 2.75) is 78.4 Å². The summed E-state index contributed by atoms with van der Waals surface area (Å²) < 4.78 is 23.9. The third-order valence-electron chi connectivity index (χ3n) is 5.14. The highest BCUT2D eigenvalue weighted by Crippen LogP contribution is 2.43. The number of ether oxygens (including phenoxy) is 2. The maximum atomic E-state index is 6.09. The van der Waals surface area contributed by atoms with Crippen LogP contribution >= 0.6 is 0 Å². The predicted octanol–water partition coefficient (Wildman–Crippen LogP) is 2.80. The maximum absolute atomic E-state index is 6.09. The Morgan fingerprint density at radius 2 is 1.26 bits per heavy atom. The second-order valence-corrected chi connectivity index (χ2v) is 7.82. The van der Waals surface area contributed by atoms with Gasteiger partial charge in [0.25, 0.3) is 0 Å². The lowest BCUT2D eigenvalue weighted by molar-refractivity contribution is -0.272. The zero-order valence-electron chi connectivity index (χ0n) is 13.5. The molecular formula is C14H27BO4. The summed E-state index contributed by atoms with van der Waals surface area (Å²) in [7, 11) is -0.472. The van der Waals surface area contributed by atoms with Crippen molar-refractivity contribution in [3.05, 3.63) is 0 Å². The molecule has 110 valence electrons. The molecule has 0 aromatic heterocycles. The van der Waals surface area contributed by atoms with Crippen LogP contribution in [0.2, 0.25) is 0 Å². The smallest absolute Gasteiger partial charge is 0.400 e. The minimum absolute atomic E-state index is 0.0346. The Hall–Kier alpha value is -0.0951. The monoisotopic (exact) mass is 270 g/mol. The molecule has 1 atom stereocenters. The van der Waals surface area contributed by atoms with Gasteiger partial charge in [-0.3, -0.25) is 0 Å². The van der Waals surface area contributed by atoms with E-state index in [1.54, 1.807) is 0 Å². The van der Waals surface area contributed by atoms with E-state index in [9.17, 15) is 0 Å². The first-order valence-corrected chi connectivity index (χ1v) is 7.03. The topological polar surface area (TPSA) is 36.9 Å². The molecule has 2 saturated heterocycles. The Morgan fingerprint density at radius 1 is 0.789 bits per heavy atom. The molecule has 0 N–H and O–H groups in total. The number of rotatable bonds is 1. The van der Waals surface area contributed by atoms with Crippen LogP contribution in [0.5, 0.6) is 0 Å². The molecular weight excluding hydrogens is 243 g/mol. The van der Waals surface area contributed by atoms with Crippen molar-refractivity contribution in [2.24, 2.45) is 5.41 Å². The molecule has 0 aromatic rings. The molecule has 5 heteroatoms. The van der Waals surface area contributed by atoms with E-state index < -0.39 is 13.3 Å². The van der Waals surface area contributed by atoms with Gasteiger partial charge in [-0.05, 0) is 41.5 Å². The SMILES string of the molecule is CC1(C)COC(B2OC(C)(C)C(C)(C)O2)OC1(C)C. The van der Waals surface area contributed by atoms with E-state index in [1.807, 2.05) is 27.7 Å². The Morgan fingerprint density at radius 3 is 1.68 bits per heavy atom. The fourth-order valence-corrected chi connectivity index (χ4v) is 2.08. The molecule has 0 bridgehead atoms. The van der Waals surface area contributed by atoms with Gasteiger partial charge in [0.15, 0.2) is 6.19 Å². The summed E-state index contributed by atoms with van der Waals surface area (Å²) in [5.41, 5.74) is -1.03. The van der Waals surface area contributed by atoms with Gasteiger partial charge in [-0.2, -0.15) is 0 Å². The van der Waals surface area contributed by atoms with Gasteiger partial charge in [-0.25, -0.2) is 0 Å². The molecule has 19 heavy (non-hydrogen) atoms. The fourth-order valence-electron chi connectivity index (χ4n) is 2.08. The van der Waals surface area contributed by atoms with Crippen molar-refractivity contribution in [2.75, 3.05) is 6.61 Å². The van der Waals surface area contributed by atoms with Gasteiger partial charge in [-0.15, -0.1) is 0 Å². The first kappa shape index (κ1) is 15.3. The highest BCUT2D eigenvalue weighted by Gasteiger charge is 2.58. The van der Waals surface area contributed by atoms with Crippen molar-refractivity contribution in [1.29, 1.82) is 0 Å². The second-order valence-electron chi connectivity index (χ2n) is 7.82. The van der Waals surface area contributed by atoms with Crippen molar-refractivity contribution in [1.82, 2.24) is 0 Å². The lowest BCUT2D eigenvalue weighted by atomic mass is 9.75. The van der Waals surface area contributed by atoms with Gasteiger partial charge in [0.05, 0.1) is 23.4 Å². The largest absolute Gasteiger partial charge is 0.517 e. The van der Waals surface area contributed by atoms with Crippen molar-refractivity contribution in [3.8, 4) is 0 Å². The average Bonchev–Trinajstić information content (AvgIpc) is 2.41. The van der Waals surface area contributed by atoms with E-state index in [1.165, 1.54) is 0 Å². The predicted molar refractivity (Wildman–Crippen MR) is 74.8 cm³/mol. The number of hydrogen-bond acceptors (Lipinski definition) is 4. The van der Waals surface area contributed by atoms with Gasteiger partial charge in [-0.1, -0.05) is 13.8 Å². The lowest BCUT2D eigenvalue weighted by Gasteiger charge is -2.48. The van der Waals surface area contributed by atoms with Crippen LogP contribution in [-0.2, 0) is 18.8 Å².